The lowest BCUT2D eigenvalue weighted by atomic mass is 10.1. The Kier molecular flexibility index (Phi) is 6.06. The molecule has 0 fully saturated rings. The molecular weight excluding hydrogens is 462 g/mol. The van der Waals surface area contributed by atoms with Crippen molar-refractivity contribution in [3.63, 3.8) is 0 Å². The van der Waals surface area contributed by atoms with Gasteiger partial charge in [-0.2, -0.15) is 0 Å². The van der Waals surface area contributed by atoms with Gasteiger partial charge in [0.1, 0.15) is 0 Å². The van der Waals surface area contributed by atoms with Gasteiger partial charge in [0, 0.05) is 22.6 Å². The summed E-state index contributed by atoms with van der Waals surface area (Å²) in [5.41, 5.74) is 0.941. The van der Waals surface area contributed by atoms with Crippen LogP contribution in [0.15, 0.2) is 76.8 Å². The Labute approximate surface area is 196 Å². The molecule has 0 atom stereocenters. The maximum absolute atomic E-state index is 11.4. The van der Waals surface area contributed by atoms with Crippen LogP contribution >= 0.6 is 11.8 Å². The molecule has 0 bridgehead atoms. The third-order valence-corrected chi connectivity index (χ3v) is 5.84. The lowest BCUT2D eigenvalue weighted by Gasteiger charge is -2.13. The molecule has 0 aliphatic heterocycles. The van der Waals surface area contributed by atoms with E-state index in [-0.39, 0.29) is 17.0 Å². The van der Waals surface area contributed by atoms with Crippen molar-refractivity contribution in [3.8, 4) is 17.1 Å². The SMILES string of the molecule is Cc1ccccc1-n1c(Sc2ccc(C(=O)O)cc2)nnc1-c1cc([N+](=O)[O-])cc([N+](=O)[O-])c1. The van der Waals surface area contributed by atoms with Crippen LogP contribution in [0.2, 0.25) is 0 Å². The molecule has 0 spiro atoms. The number of aryl methyl sites for hydroxylation is 1. The maximum atomic E-state index is 11.4. The van der Waals surface area contributed by atoms with E-state index in [1.165, 1.54) is 36.0 Å². The Morgan fingerprint density at radius 3 is 2.12 bits per heavy atom. The van der Waals surface area contributed by atoms with Crippen LogP contribution in [-0.2, 0) is 0 Å². The van der Waals surface area contributed by atoms with E-state index in [1.807, 2.05) is 25.1 Å². The molecule has 11 nitrogen and oxygen atoms in total. The summed E-state index contributed by atoms with van der Waals surface area (Å²) >= 11 is 1.20. The van der Waals surface area contributed by atoms with Crippen LogP contribution < -0.4 is 0 Å². The molecule has 3 aromatic carbocycles. The van der Waals surface area contributed by atoms with Crippen LogP contribution in [0.25, 0.3) is 17.1 Å². The summed E-state index contributed by atoms with van der Waals surface area (Å²) in [6, 6.07) is 16.8. The molecule has 1 heterocycles. The largest absolute Gasteiger partial charge is 0.478 e. The highest BCUT2D eigenvalue weighted by atomic mass is 32.2. The normalized spacial score (nSPS) is 10.7. The van der Waals surface area contributed by atoms with Crippen LogP contribution in [0.1, 0.15) is 15.9 Å². The molecule has 4 aromatic rings. The lowest BCUT2D eigenvalue weighted by Crippen LogP contribution is -2.03. The fourth-order valence-corrected chi connectivity index (χ4v) is 4.10. The van der Waals surface area contributed by atoms with Crippen molar-refractivity contribution < 1.29 is 19.7 Å². The fraction of sp³-hybridized carbons (Fsp3) is 0.0455. The molecule has 0 aliphatic rings. The van der Waals surface area contributed by atoms with E-state index in [0.29, 0.717) is 15.7 Å². The van der Waals surface area contributed by atoms with Crippen molar-refractivity contribution in [2.75, 3.05) is 0 Å². The molecule has 34 heavy (non-hydrogen) atoms. The molecule has 0 amide bonds. The van der Waals surface area contributed by atoms with Gasteiger partial charge >= 0.3 is 5.97 Å². The van der Waals surface area contributed by atoms with Crippen molar-refractivity contribution in [1.82, 2.24) is 14.8 Å². The molecule has 1 aromatic heterocycles. The number of nitro benzene ring substituents is 2. The van der Waals surface area contributed by atoms with Crippen LogP contribution in [0, 0.1) is 27.2 Å². The molecule has 1 N–H and O–H groups in total. The van der Waals surface area contributed by atoms with E-state index in [4.69, 9.17) is 5.11 Å². The van der Waals surface area contributed by atoms with Crippen molar-refractivity contribution in [1.29, 1.82) is 0 Å². The summed E-state index contributed by atoms with van der Waals surface area (Å²) in [6.45, 7) is 1.87. The van der Waals surface area contributed by atoms with Crippen molar-refractivity contribution in [3.05, 3.63) is 98.1 Å². The molecule has 0 saturated heterocycles. The second-order valence-corrected chi connectivity index (χ2v) is 8.15. The number of non-ortho nitro benzene ring substituents is 2. The van der Waals surface area contributed by atoms with Gasteiger partial charge in [-0.3, -0.25) is 24.8 Å². The number of hydrogen-bond acceptors (Lipinski definition) is 8. The van der Waals surface area contributed by atoms with Gasteiger partial charge in [0.25, 0.3) is 11.4 Å². The number of nitrogens with zero attached hydrogens (tertiary/aromatic N) is 5. The minimum Gasteiger partial charge on any atom is -0.478 e. The van der Waals surface area contributed by atoms with Gasteiger partial charge < -0.3 is 5.11 Å². The fourth-order valence-electron chi connectivity index (χ4n) is 3.26. The second-order valence-electron chi connectivity index (χ2n) is 7.11. The number of aromatic carboxylic acids is 1. The first kappa shape index (κ1) is 22.6. The van der Waals surface area contributed by atoms with E-state index in [1.54, 1.807) is 22.8 Å². The third kappa shape index (κ3) is 4.47. The van der Waals surface area contributed by atoms with Gasteiger partial charge in [-0.15, -0.1) is 10.2 Å². The first-order valence-electron chi connectivity index (χ1n) is 9.71. The summed E-state index contributed by atoms with van der Waals surface area (Å²) < 4.78 is 1.66. The Balaban J connectivity index is 1.89. The van der Waals surface area contributed by atoms with Crippen molar-refractivity contribution in [2.45, 2.75) is 17.0 Å². The molecular formula is C22H15N5O6S. The highest BCUT2D eigenvalue weighted by molar-refractivity contribution is 7.99. The van der Waals surface area contributed by atoms with Crippen LogP contribution in [0.4, 0.5) is 11.4 Å². The first-order valence-corrected chi connectivity index (χ1v) is 10.5. The van der Waals surface area contributed by atoms with Gasteiger partial charge in [0.2, 0.25) is 5.16 Å². The summed E-state index contributed by atoms with van der Waals surface area (Å²) in [5, 5.41) is 40.7. The van der Waals surface area contributed by atoms with Gasteiger partial charge in [0.15, 0.2) is 5.82 Å². The zero-order chi connectivity index (χ0) is 24.4. The summed E-state index contributed by atoms with van der Waals surface area (Å²) in [6.07, 6.45) is 0. The predicted molar refractivity (Wildman–Crippen MR) is 122 cm³/mol. The van der Waals surface area contributed by atoms with E-state index < -0.39 is 27.2 Å². The highest BCUT2D eigenvalue weighted by Crippen LogP contribution is 2.35. The quantitative estimate of drug-likeness (QED) is 0.289. The number of para-hydroxylation sites is 1. The number of hydrogen-bond donors (Lipinski definition) is 1. The van der Waals surface area contributed by atoms with E-state index in [0.717, 1.165) is 11.6 Å². The number of nitro groups is 2. The zero-order valence-electron chi connectivity index (χ0n) is 17.5. The highest BCUT2D eigenvalue weighted by Gasteiger charge is 2.23. The number of rotatable bonds is 7. The van der Waals surface area contributed by atoms with E-state index >= 15 is 0 Å². The molecule has 4 rings (SSSR count). The molecule has 0 radical (unpaired) electrons. The average Bonchev–Trinajstić information content (AvgIpc) is 3.22. The third-order valence-electron chi connectivity index (χ3n) is 4.88. The molecule has 0 unspecified atom stereocenters. The Morgan fingerprint density at radius 1 is 0.941 bits per heavy atom. The Hall–Kier alpha value is -4.58. The lowest BCUT2D eigenvalue weighted by molar-refractivity contribution is -0.394. The van der Waals surface area contributed by atoms with Crippen LogP contribution in [0.5, 0.6) is 0 Å². The number of carboxylic acids is 1. The number of aromatic nitrogens is 3. The van der Waals surface area contributed by atoms with Crippen molar-refractivity contribution >= 4 is 29.1 Å². The first-order chi connectivity index (χ1) is 16.2. The maximum Gasteiger partial charge on any atom is 0.335 e. The summed E-state index contributed by atoms with van der Waals surface area (Å²) in [7, 11) is 0. The molecule has 170 valence electrons. The number of benzene rings is 3. The topological polar surface area (TPSA) is 154 Å². The summed E-state index contributed by atoms with van der Waals surface area (Å²) in [4.78, 5) is 33.2. The minimum absolute atomic E-state index is 0.134. The Morgan fingerprint density at radius 2 is 1.56 bits per heavy atom. The zero-order valence-corrected chi connectivity index (χ0v) is 18.3. The molecule has 0 saturated carbocycles. The average molecular weight is 477 g/mol. The van der Waals surface area contributed by atoms with Crippen LogP contribution in [0.3, 0.4) is 0 Å². The second kappa shape index (κ2) is 9.11. The van der Waals surface area contributed by atoms with Gasteiger partial charge in [-0.05, 0) is 54.6 Å². The number of carbonyl (C=O) groups is 1. The molecule has 12 heteroatoms. The molecule has 0 aliphatic carbocycles. The minimum atomic E-state index is -1.05. The monoisotopic (exact) mass is 477 g/mol. The number of carboxylic acid groups (broad SMARTS) is 1. The van der Waals surface area contributed by atoms with E-state index in [2.05, 4.69) is 10.2 Å². The smallest absolute Gasteiger partial charge is 0.335 e. The van der Waals surface area contributed by atoms with Gasteiger partial charge in [0.05, 0.1) is 27.2 Å². The summed E-state index contributed by atoms with van der Waals surface area (Å²) in [5.74, 6) is -0.861. The van der Waals surface area contributed by atoms with Crippen LogP contribution in [-0.4, -0.2) is 35.7 Å². The predicted octanol–water partition coefficient (Wildman–Crippen LogP) is 4.91. The standard InChI is InChI=1S/C22H15N5O6S/c1-13-4-2-3-5-19(13)25-20(15-10-16(26(30)31)12-17(11-15)27(32)33)23-24-22(25)34-18-8-6-14(7-9-18)21(28)29/h2-12H,1H3,(H,28,29). The van der Waals surface area contributed by atoms with Gasteiger partial charge in [-0.1, -0.05) is 18.2 Å². The van der Waals surface area contributed by atoms with Gasteiger partial charge in [-0.25, -0.2) is 4.79 Å². The van der Waals surface area contributed by atoms with Crippen molar-refractivity contribution in [2.24, 2.45) is 0 Å². The van der Waals surface area contributed by atoms with E-state index in [9.17, 15) is 25.0 Å². The Bertz CT molecular complexity index is 1400.